The van der Waals surface area contributed by atoms with Crippen molar-refractivity contribution in [3.63, 3.8) is 0 Å². The van der Waals surface area contributed by atoms with Gasteiger partial charge in [-0.3, -0.25) is 0 Å². The molecule has 3 rings (SSSR count). The maximum absolute atomic E-state index is 12.4. The minimum absolute atomic E-state index is 0.285. The number of carbonyl (C=O) groups excluding carboxylic acids is 2. The van der Waals surface area contributed by atoms with Crippen LogP contribution in [0.25, 0.3) is 0 Å². The zero-order valence-corrected chi connectivity index (χ0v) is 15.5. The van der Waals surface area contributed by atoms with Crippen LogP contribution in [-0.2, 0) is 14.2 Å². The van der Waals surface area contributed by atoms with E-state index in [1.165, 1.54) is 6.92 Å². The molecule has 7 heteroatoms. The van der Waals surface area contributed by atoms with E-state index in [0.717, 1.165) is 0 Å². The van der Waals surface area contributed by atoms with Crippen LogP contribution in [0.2, 0.25) is 0 Å². The Labute approximate surface area is 162 Å². The molecule has 148 valence electrons. The van der Waals surface area contributed by atoms with Gasteiger partial charge in [-0.2, -0.15) is 0 Å². The number of aliphatic hydroxyl groups excluding tert-OH is 1. The first-order valence-electron chi connectivity index (χ1n) is 8.88. The van der Waals surface area contributed by atoms with Crippen molar-refractivity contribution in [1.82, 2.24) is 0 Å². The van der Waals surface area contributed by atoms with Gasteiger partial charge in [0.2, 0.25) is 0 Å². The summed E-state index contributed by atoms with van der Waals surface area (Å²) in [6, 6.07) is 16.6. The third-order valence-electron chi connectivity index (χ3n) is 4.67. The van der Waals surface area contributed by atoms with Gasteiger partial charge in [-0.05, 0) is 38.1 Å². The Morgan fingerprint density at radius 2 is 1.50 bits per heavy atom. The average molecular weight is 386 g/mol. The summed E-state index contributed by atoms with van der Waals surface area (Å²) in [6.45, 7) is 2.84. The van der Waals surface area contributed by atoms with Crippen molar-refractivity contribution in [2.24, 2.45) is 0 Å². The van der Waals surface area contributed by atoms with Gasteiger partial charge >= 0.3 is 11.9 Å². The van der Waals surface area contributed by atoms with Gasteiger partial charge in [0.25, 0.3) is 0 Å². The van der Waals surface area contributed by atoms with Gasteiger partial charge in [-0.1, -0.05) is 36.4 Å². The van der Waals surface area contributed by atoms with Gasteiger partial charge in [0.15, 0.2) is 18.0 Å². The molecule has 1 saturated heterocycles. The summed E-state index contributed by atoms with van der Waals surface area (Å²) in [6.07, 6.45) is -4.80. The summed E-state index contributed by atoms with van der Waals surface area (Å²) < 4.78 is 16.2. The van der Waals surface area contributed by atoms with Crippen LogP contribution in [0.15, 0.2) is 60.7 Å². The number of aliphatic hydroxyl groups is 2. The van der Waals surface area contributed by atoms with Gasteiger partial charge in [0, 0.05) is 0 Å². The molecule has 1 aliphatic heterocycles. The summed E-state index contributed by atoms with van der Waals surface area (Å²) in [7, 11) is 0. The fourth-order valence-corrected chi connectivity index (χ4v) is 3.01. The van der Waals surface area contributed by atoms with Crippen molar-refractivity contribution in [1.29, 1.82) is 0 Å². The van der Waals surface area contributed by atoms with Crippen LogP contribution in [-0.4, -0.2) is 52.4 Å². The first-order chi connectivity index (χ1) is 13.3. The molecular weight excluding hydrogens is 364 g/mol. The van der Waals surface area contributed by atoms with E-state index < -0.39 is 42.1 Å². The summed E-state index contributed by atoms with van der Waals surface area (Å²) in [5, 5.41) is 20.7. The fraction of sp³-hybridized carbons (Fsp3) is 0.333. The molecule has 0 bridgehead atoms. The quantitative estimate of drug-likeness (QED) is 0.757. The summed E-state index contributed by atoms with van der Waals surface area (Å²) >= 11 is 0. The number of hydrogen-bond acceptors (Lipinski definition) is 7. The van der Waals surface area contributed by atoms with Gasteiger partial charge in [-0.25, -0.2) is 9.59 Å². The Balaban J connectivity index is 1.76. The van der Waals surface area contributed by atoms with E-state index in [1.807, 2.05) is 0 Å². The monoisotopic (exact) mass is 386 g/mol. The average Bonchev–Trinajstić information content (AvgIpc) is 2.92. The Hall–Kier alpha value is -2.74. The normalized spacial score (nSPS) is 27.8. The van der Waals surface area contributed by atoms with Crippen LogP contribution in [0.4, 0.5) is 0 Å². The van der Waals surface area contributed by atoms with Crippen molar-refractivity contribution < 1.29 is 34.0 Å². The largest absolute Gasteiger partial charge is 0.456 e. The van der Waals surface area contributed by atoms with Crippen molar-refractivity contribution in [2.45, 2.75) is 44.1 Å². The molecule has 7 nitrogen and oxygen atoms in total. The maximum atomic E-state index is 12.4. The molecule has 4 unspecified atom stereocenters. The van der Waals surface area contributed by atoms with Crippen LogP contribution in [0.5, 0.6) is 0 Å². The Bertz CT molecular complexity index is 819. The SMILES string of the molecule is CC(OC(=O)c1ccccc1)C1OC(O)[C@](C)(O)C1OC(=O)c1ccccc1. The molecule has 0 aliphatic carbocycles. The minimum Gasteiger partial charge on any atom is -0.456 e. The van der Waals surface area contributed by atoms with Crippen molar-refractivity contribution in [3.8, 4) is 0 Å². The number of benzene rings is 2. The van der Waals surface area contributed by atoms with E-state index in [9.17, 15) is 19.8 Å². The predicted octanol–water partition coefficient (Wildman–Crippen LogP) is 1.93. The minimum atomic E-state index is -1.87. The second kappa shape index (κ2) is 8.10. The van der Waals surface area contributed by atoms with E-state index >= 15 is 0 Å². The lowest BCUT2D eigenvalue weighted by molar-refractivity contribution is -0.173. The molecule has 0 spiro atoms. The number of hydrogen-bond donors (Lipinski definition) is 2. The molecule has 2 aromatic rings. The highest BCUT2D eigenvalue weighted by atomic mass is 16.7. The molecule has 0 radical (unpaired) electrons. The molecule has 0 aromatic heterocycles. The summed E-state index contributed by atoms with van der Waals surface area (Å²) in [5.74, 6) is -1.28. The summed E-state index contributed by atoms with van der Waals surface area (Å²) in [4.78, 5) is 24.7. The highest BCUT2D eigenvalue weighted by molar-refractivity contribution is 5.90. The van der Waals surface area contributed by atoms with Crippen LogP contribution in [0.3, 0.4) is 0 Å². The molecular formula is C21H22O7. The van der Waals surface area contributed by atoms with Crippen molar-refractivity contribution in [3.05, 3.63) is 71.8 Å². The van der Waals surface area contributed by atoms with E-state index in [0.29, 0.717) is 5.56 Å². The first kappa shape index (κ1) is 20.0. The van der Waals surface area contributed by atoms with Gasteiger partial charge in [0.1, 0.15) is 12.2 Å². The zero-order chi connectivity index (χ0) is 20.3. The molecule has 28 heavy (non-hydrogen) atoms. The highest BCUT2D eigenvalue weighted by Crippen LogP contribution is 2.35. The lowest BCUT2D eigenvalue weighted by atomic mass is 9.95. The lowest BCUT2D eigenvalue weighted by Crippen LogP contribution is -2.50. The van der Waals surface area contributed by atoms with E-state index in [4.69, 9.17) is 14.2 Å². The van der Waals surface area contributed by atoms with Crippen LogP contribution < -0.4 is 0 Å². The highest BCUT2D eigenvalue weighted by Gasteiger charge is 2.57. The molecule has 0 saturated carbocycles. The number of ether oxygens (including phenoxy) is 3. The Morgan fingerprint density at radius 1 is 1.00 bits per heavy atom. The third kappa shape index (κ3) is 4.06. The molecule has 2 N–H and O–H groups in total. The molecule has 1 fully saturated rings. The molecule has 5 atom stereocenters. The Morgan fingerprint density at radius 3 is 2.04 bits per heavy atom. The number of esters is 2. The molecule has 1 heterocycles. The maximum Gasteiger partial charge on any atom is 0.338 e. The lowest BCUT2D eigenvalue weighted by Gasteiger charge is -2.29. The smallest absolute Gasteiger partial charge is 0.338 e. The summed E-state index contributed by atoms with van der Waals surface area (Å²) in [5.41, 5.74) is -1.24. The standard InChI is InChI=1S/C21H22O7/c1-13(26-18(22)14-9-5-3-6-10-14)16-17(21(2,25)20(24)27-16)28-19(23)15-11-7-4-8-12-15/h3-13,16-17,20,24-25H,1-2H3/t13?,16?,17?,20?,21-/m1/s1. The van der Waals surface area contributed by atoms with E-state index in [2.05, 4.69) is 0 Å². The molecule has 1 aliphatic rings. The predicted molar refractivity (Wildman–Crippen MR) is 98.5 cm³/mol. The third-order valence-corrected chi connectivity index (χ3v) is 4.67. The topological polar surface area (TPSA) is 102 Å². The number of rotatable bonds is 5. The first-order valence-corrected chi connectivity index (χ1v) is 8.88. The van der Waals surface area contributed by atoms with Crippen LogP contribution >= 0.6 is 0 Å². The fourth-order valence-electron chi connectivity index (χ4n) is 3.01. The van der Waals surface area contributed by atoms with Crippen LogP contribution in [0.1, 0.15) is 34.6 Å². The molecule has 0 amide bonds. The Kier molecular flexibility index (Phi) is 5.79. The van der Waals surface area contributed by atoms with Crippen molar-refractivity contribution >= 4 is 11.9 Å². The van der Waals surface area contributed by atoms with Gasteiger partial charge in [-0.15, -0.1) is 0 Å². The molecule has 2 aromatic carbocycles. The van der Waals surface area contributed by atoms with Crippen LogP contribution in [0, 0.1) is 0 Å². The second-order valence-electron chi connectivity index (χ2n) is 6.85. The zero-order valence-electron chi connectivity index (χ0n) is 15.5. The van der Waals surface area contributed by atoms with E-state index in [1.54, 1.807) is 67.6 Å². The van der Waals surface area contributed by atoms with E-state index in [-0.39, 0.29) is 5.56 Å². The van der Waals surface area contributed by atoms with Gasteiger partial charge in [0.05, 0.1) is 11.1 Å². The second-order valence-corrected chi connectivity index (χ2v) is 6.85. The number of carbonyl (C=O) groups is 2. The van der Waals surface area contributed by atoms with Crippen molar-refractivity contribution in [2.75, 3.05) is 0 Å². The van der Waals surface area contributed by atoms with Gasteiger partial charge < -0.3 is 24.4 Å².